The minimum Gasteiger partial charge on any atom is -0.399 e. The first kappa shape index (κ1) is 12.6. The van der Waals surface area contributed by atoms with Gasteiger partial charge in [0.25, 0.3) is 0 Å². The zero-order valence-electron chi connectivity index (χ0n) is 10.5. The summed E-state index contributed by atoms with van der Waals surface area (Å²) in [6, 6.07) is 6.20. The predicted octanol–water partition coefficient (Wildman–Crippen LogP) is 4.16. The molecule has 0 spiro atoms. The molecule has 94 valence electrons. The van der Waals surface area contributed by atoms with Crippen molar-refractivity contribution < 1.29 is 0 Å². The van der Waals surface area contributed by atoms with E-state index >= 15 is 0 Å². The van der Waals surface area contributed by atoms with E-state index in [2.05, 4.69) is 19.2 Å². The molecule has 3 unspecified atom stereocenters. The van der Waals surface area contributed by atoms with Crippen LogP contribution < -0.4 is 11.1 Å². The van der Waals surface area contributed by atoms with Crippen LogP contribution >= 0.6 is 11.6 Å². The molecule has 0 aromatic heterocycles. The maximum Gasteiger partial charge on any atom is 0.0658 e. The highest BCUT2D eigenvalue weighted by Crippen LogP contribution is 2.33. The predicted molar refractivity (Wildman–Crippen MR) is 75.5 cm³/mol. The van der Waals surface area contributed by atoms with Crippen LogP contribution in [0.2, 0.25) is 5.02 Å². The first-order valence-corrected chi connectivity index (χ1v) is 6.77. The van der Waals surface area contributed by atoms with Crippen LogP contribution in [0.1, 0.15) is 33.1 Å². The van der Waals surface area contributed by atoms with Crippen molar-refractivity contribution in [1.29, 1.82) is 0 Å². The molecule has 0 saturated heterocycles. The Kier molecular flexibility index (Phi) is 3.82. The van der Waals surface area contributed by atoms with Gasteiger partial charge < -0.3 is 11.1 Å². The summed E-state index contributed by atoms with van der Waals surface area (Å²) in [5.41, 5.74) is 7.42. The van der Waals surface area contributed by atoms with Gasteiger partial charge in [0.05, 0.1) is 10.7 Å². The van der Waals surface area contributed by atoms with Gasteiger partial charge in [-0.15, -0.1) is 0 Å². The summed E-state index contributed by atoms with van der Waals surface area (Å²) in [5, 5.41) is 4.29. The molecule has 1 fully saturated rings. The number of hydrogen-bond donors (Lipinski definition) is 2. The standard InChI is InChI=1S/C14H21ClN2/c1-9-4-3-5-13(10(9)2)17-14-7-6-11(16)8-12(14)15/h6-10,13,17H,3-5,16H2,1-2H3. The summed E-state index contributed by atoms with van der Waals surface area (Å²) < 4.78 is 0. The van der Waals surface area contributed by atoms with Crippen molar-refractivity contribution in [3.8, 4) is 0 Å². The van der Waals surface area contributed by atoms with Crippen LogP contribution in [0.25, 0.3) is 0 Å². The Labute approximate surface area is 109 Å². The van der Waals surface area contributed by atoms with Crippen molar-refractivity contribution in [3.05, 3.63) is 23.2 Å². The Morgan fingerprint density at radius 1 is 1.29 bits per heavy atom. The lowest BCUT2D eigenvalue weighted by molar-refractivity contribution is 0.253. The van der Waals surface area contributed by atoms with Crippen LogP contribution in [0.15, 0.2) is 18.2 Å². The van der Waals surface area contributed by atoms with E-state index in [0.29, 0.717) is 17.6 Å². The van der Waals surface area contributed by atoms with Gasteiger partial charge in [-0.25, -0.2) is 0 Å². The first-order chi connectivity index (χ1) is 8.08. The van der Waals surface area contributed by atoms with Gasteiger partial charge in [0.1, 0.15) is 0 Å². The maximum absolute atomic E-state index is 6.19. The van der Waals surface area contributed by atoms with E-state index in [0.717, 1.165) is 16.6 Å². The number of nitrogens with one attached hydrogen (secondary N) is 1. The minimum absolute atomic E-state index is 0.528. The number of nitrogens with two attached hydrogens (primary N) is 1. The first-order valence-electron chi connectivity index (χ1n) is 6.39. The topological polar surface area (TPSA) is 38.0 Å². The second-order valence-electron chi connectivity index (χ2n) is 5.26. The summed E-state index contributed by atoms with van der Waals surface area (Å²) in [6.07, 6.45) is 3.87. The summed E-state index contributed by atoms with van der Waals surface area (Å²) in [5.74, 6) is 1.48. The average molecular weight is 253 g/mol. The molecule has 1 aliphatic carbocycles. The molecule has 3 atom stereocenters. The summed E-state index contributed by atoms with van der Waals surface area (Å²) in [7, 11) is 0. The van der Waals surface area contributed by atoms with Crippen molar-refractivity contribution in [2.24, 2.45) is 11.8 Å². The van der Waals surface area contributed by atoms with E-state index in [1.807, 2.05) is 12.1 Å². The Morgan fingerprint density at radius 2 is 2.06 bits per heavy atom. The van der Waals surface area contributed by atoms with Crippen molar-refractivity contribution in [1.82, 2.24) is 0 Å². The fraction of sp³-hybridized carbons (Fsp3) is 0.571. The minimum atomic E-state index is 0.528. The number of halogens is 1. The van der Waals surface area contributed by atoms with Crippen molar-refractivity contribution in [2.75, 3.05) is 11.1 Å². The third-order valence-electron chi connectivity index (χ3n) is 4.04. The molecule has 0 radical (unpaired) electrons. The molecular weight excluding hydrogens is 232 g/mol. The van der Waals surface area contributed by atoms with Crippen LogP contribution in [-0.4, -0.2) is 6.04 Å². The highest BCUT2D eigenvalue weighted by Gasteiger charge is 2.27. The number of rotatable bonds is 2. The number of benzene rings is 1. The van der Waals surface area contributed by atoms with Crippen LogP contribution in [0.3, 0.4) is 0 Å². The normalized spacial score (nSPS) is 29.0. The SMILES string of the molecule is CC1CCCC(Nc2ccc(N)cc2Cl)C1C. The zero-order chi connectivity index (χ0) is 12.4. The van der Waals surface area contributed by atoms with Gasteiger partial charge in [-0.05, 0) is 36.5 Å². The van der Waals surface area contributed by atoms with Crippen LogP contribution in [0.4, 0.5) is 11.4 Å². The van der Waals surface area contributed by atoms with Crippen molar-refractivity contribution in [3.63, 3.8) is 0 Å². The van der Waals surface area contributed by atoms with E-state index in [9.17, 15) is 0 Å². The van der Waals surface area contributed by atoms with Gasteiger partial charge >= 0.3 is 0 Å². The van der Waals surface area contributed by atoms with Crippen molar-refractivity contribution >= 4 is 23.0 Å². The molecule has 3 heteroatoms. The zero-order valence-corrected chi connectivity index (χ0v) is 11.3. The fourth-order valence-corrected chi connectivity index (χ4v) is 2.88. The van der Waals surface area contributed by atoms with Gasteiger partial charge in [-0.3, -0.25) is 0 Å². The largest absolute Gasteiger partial charge is 0.399 e. The monoisotopic (exact) mass is 252 g/mol. The molecule has 2 nitrogen and oxygen atoms in total. The molecule has 0 amide bonds. The Morgan fingerprint density at radius 3 is 2.76 bits per heavy atom. The van der Waals surface area contributed by atoms with E-state index in [1.165, 1.54) is 19.3 Å². The van der Waals surface area contributed by atoms with E-state index in [-0.39, 0.29) is 0 Å². The summed E-state index contributed by atoms with van der Waals surface area (Å²) in [6.45, 7) is 4.66. The smallest absolute Gasteiger partial charge is 0.0658 e. The summed E-state index contributed by atoms with van der Waals surface area (Å²) >= 11 is 6.19. The Balaban J connectivity index is 2.09. The molecule has 0 aliphatic heterocycles. The number of anilines is 2. The molecule has 1 aliphatic rings. The van der Waals surface area contributed by atoms with Gasteiger partial charge in [-0.1, -0.05) is 38.3 Å². The van der Waals surface area contributed by atoms with Crippen LogP contribution in [0, 0.1) is 11.8 Å². The molecule has 2 rings (SSSR count). The highest BCUT2D eigenvalue weighted by atomic mass is 35.5. The molecule has 0 heterocycles. The maximum atomic E-state index is 6.19. The average Bonchev–Trinajstić information content (AvgIpc) is 2.28. The molecule has 0 bridgehead atoms. The quantitative estimate of drug-likeness (QED) is 0.776. The fourth-order valence-electron chi connectivity index (χ4n) is 2.63. The third-order valence-corrected chi connectivity index (χ3v) is 4.35. The van der Waals surface area contributed by atoms with Gasteiger partial charge in [0.2, 0.25) is 0 Å². The van der Waals surface area contributed by atoms with E-state index < -0.39 is 0 Å². The van der Waals surface area contributed by atoms with Crippen LogP contribution in [-0.2, 0) is 0 Å². The molecule has 1 aromatic rings. The molecule has 17 heavy (non-hydrogen) atoms. The Hall–Kier alpha value is -0.890. The van der Waals surface area contributed by atoms with Gasteiger partial charge in [0, 0.05) is 11.7 Å². The van der Waals surface area contributed by atoms with Crippen LogP contribution in [0.5, 0.6) is 0 Å². The summed E-state index contributed by atoms with van der Waals surface area (Å²) in [4.78, 5) is 0. The second-order valence-corrected chi connectivity index (χ2v) is 5.66. The van der Waals surface area contributed by atoms with E-state index in [4.69, 9.17) is 17.3 Å². The lowest BCUT2D eigenvalue weighted by Crippen LogP contribution is -2.35. The van der Waals surface area contributed by atoms with Gasteiger partial charge in [-0.2, -0.15) is 0 Å². The molecule has 3 N–H and O–H groups in total. The lowest BCUT2D eigenvalue weighted by Gasteiger charge is -2.35. The van der Waals surface area contributed by atoms with Gasteiger partial charge in [0.15, 0.2) is 0 Å². The number of nitrogen functional groups attached to an aromatic ring is 1. The number of hydrogen-bond acceptors (Lipinski definition) is 2. The highest BCUT2D eigenvalue weighted by molar-refractivity contribution is 6.33. The van der Waals surface area contributed by atoms with E-state index in [1.54, 1.807) is 6.07 Å². The lowest BCUT2D eigenvalue weighted by atomic mass is 9.78. The molecule has 1 saturated carbocycles. The molecular formula is C14H21ClN2. The second kappa shape index (κ2) is 5.18. The Bertz CT molecular complexity index is 392. The van der Waals surface area contributed by atoms with Crippen molar-refractivity contribution in [2.45, 2.75) is 39.2 Å². The molecule has 1 aromatic carbocycles. The third kappa shape index (κ3) is 2.86.